The van der Waals surface area contributed by atoms with E-state index in [1.54, 1.807) is 25.3 Å². The highest BCUT2D eigenvalue weighted by molar-refractivity contribution is 8.06. The Labute approximate surface area is 121 Å². The van der Waals surface area contributed by atoms with Gasteiger partial charge in [-0.25, -0.2) is 0 Å². The van der Waals surface area contributed by atoms with Crippen molar-refractivity contribution >= 4 is 35.1 Å². The maximum Gasteiger partial charge on any atom is 0.257 e. The van der Waals surface area contributed by atoms with Gasteiger partial charge in [-0.3, -0.25) is 4.79 Å². The van der Waals surface area contributed by atoms with Gasteiger partial charge in [0.05, 0.1) is 7.11 Å². The number of hydrogen-bond donors (Lipinski definition) is 2. The Morgan fingerprint density at radius 1 is 1.53 bits per heavy atom. The summed E-state index contributed by atoms with van der Waals surface area (Å²) in [5, 5.41) is 3.44. The first-order valence-corrected chi connectivity index (χ1v) is 8.32. The van der Waals surface area contributed by atoms with Gasteiger partial charge in [0.1, 0.15) is 11.3 Å². The zero-order valence-electron chi connectivity index (χ0n) is 10.8. The lowest BCUT2D eigenvalue weighted by atomic mass is 10.1. The Kier molecular flexibility index (Phi) is 5.27. The van der Waals surface area contributed by atoms with E-state index in [9.17, 15) is 4.79 Å². The van der Waals surface area contributed by atoms with E-state index < -0.39 is 0 Å². The topological polar surface area (TPSA) is 64.3 Å². The Bertz CT molecular complexity index is 448. The van der Waals surface area contributed by atoms with Gasteiger partial charge >= 0.3 is 0 Å². The van der Waals surface area contributed by atoms with Crippen molar-refractivity contribution in [1.29, 1.82) is 0 Å². The molecule has 0 bridgehead atoms. The quantitative estimate of drug-likeness (QED) is 0.831. The van der Waals surface area contributed by atoms with Crippen LogP contribution in [0.4, 0.5) is 5.69 Å². The molecule has 2 rings (SSSR count). The van der Waals surface area contributed by atoms with Crippen LogP contribution in [0.3, 0.4) is 0 Å². The third-order valence-electron chi connectivity index (χ3n) is 2.88. The van der Waals surface area contributed by atoms with E-state index in [4.69, 9.17) is 10.5 Å². The van der Waals surface area contributed by atoms with Crippen molar-refractivity contribution in [2.75, 3.05) is 36.6 Å². The predicted molar refractivity (Wildman–Crippen MR) is 83.3 cm³/mol. The van der Waals surface area contributed by atoms with E-state index in [0.717, 1.165) is 11.5 Å². The lowest BCUT2D eigenvalue weighted by molar-refractivity contribution is 0.0952. The number of anilines is 1. The number of nitrogen functional groups attached to an aromatic ring is 1. The third-order valence-corrected chi connectivity index (χ3v) is 5.73. The predicted octanol–water partition coefficient (Wildman–Crippen LogP) is 1.86. The summed E-state index contributed by atoms with van der Waals surface area (Å²) in [5.41, 5.74) is 6.73. The number of amides is 1. The lowest BCUT2D eigenvalue weighted by Crippen LogP contribution is -2.34. The molecule has 6 heteroatoms. The minimum absolute atomic E-state index is 0.161. The van der Waals surface area contributed by atoms with Crippen LogP contribution in [0.5, 0.6) is 5.75 Å². The van der Waals surface area contributed by atoms with Gasteiger partial charge in [0.25, 0.3) is 5.91 Å². The fourth-order valence-electron chi connectivity index (χ4n) is 1.91. The van der Waals surface area contributed by atoms with Crippen molar-refractivity contribution in [1.82, 2.24) is 5.32 Å². The molecular weight excluding hydrogens is 280 g/mol. The van der Waals surface area contributed by atoms with Crippen molar-refractivity contribution in [3.63, 3.8) is 0 Å². The second-order valence-electron chi connectivity index (χ2n) is 4.20. The van der Waals surface area contributed by atoms with Gasteiger partial charge in [-0.05, 0) is 12.1 Å². The van der Waals surface area contributed by atoms with E-state index >= 15 is 0 Å². The van der Waals surface area contributed by atoms with Gasteiger partial charge < -0.3 is 15.8 Å². The van der Waals surface area contributed by atoms with Crippen LogP contribution >= 0.6 is 23.5 Å². The highest BCUT2D eigenvalue weighted by atomic mass is 32.2. The normalized spacial score (nSPS) is 18.9. The summed E-state index contributed by atoms with van der Waals surface area (Å²) in [6, 6.07) is 5.23. The van der Waals surface area contributed by atoms with Crippen LogP contribution in [0.15, 0.2) is 18.2 Å². The fourth-order valence-corrected chi connectivity index (χ4v) is 4.52. The smallest absolute Gasteiger partial charge is 0.257 e. The minimum atomic E-state index is -0.161. The number of rotatable bonds is 4. The third kappa shape index (κ3) is 3.73. The summed E-state index contributed by atoms with van der Waals surface area (Å²) < 4.78 is 5.19. The second kappa shape index (κ2) is 6.96. The number of ether oxygens (including phenoxy) is 1. The SMILES string of the molecule is COc1cccc(N)c1C(=O)NCC1CSCCS1. The number of thioether (sulfide) groups is 2. The summed E-state index contributed by atoms with van der Waals surface area (Å²) in [5.74, 6) is 3.80. The number of hydrogen-bond acceptors (Lipinski definition) is 5. The average Bonchev–Trinajstić information content (AvgIpc) is 2.45. The van der Waals surface area contributed by atoms with Crippen LogP contribution < -0.4 is 15.8 Å². The maximum absolute atomic E-state index is 12.2. The highest BCUT2D eigenvalue weighted by Crippen LogP contribution is 2.25. The number of methoxy groups -OCH3 is 1. The van der Waals surface area contributed by atoms with Crippen LogP contribution in [0, 0.1) is 0 Å². The number of carbonyl (C=O) groups excluding carboxylic acids is 1. The molecule has 0 saturated carbocycles. The van der Waals surface area contributed by atoms with Crippen LogP contribution in [0.1, 0.15) is 10.4 Å². The summed E-state index contributed by atoms with van der Waals surface area (Å²) in [6.45, 7) is 0.675. The van der Waals surface area contributed by atoms with E-state index in [0.29, 0.717) is 28.8 Å². The molecule has 1 aliphatic heterocycles. The van der Waals surface area contributed by atoms with Crippen LogP contribution in [0.25, 0.3) is 0 Å². The Morgan fingerprint density at radius 2 is 2.37 bits per heavy atom. The largest absolute Gasteiger partial charge is 0.496 e. The Hall–Kier alpha value is -1.01. The summed E-state index contributed by atoms with van der Waals surface area (Å²) in [4.78, 5) is 12.2. The summed E-state index contributed by atoms with van der Waals surface area (Å²) >= 11 is 3.86. The molecule has 4 nitrogen and oxygen atoms in total. The van der Waals surface area contributed by atoms with Gasteiger partial charge in [0, 0.05) is 34.7 Å². The number of nitrogens with one attached hydrogen (secondary N) is 1. The van der Waals surface area contributed by atoms with Gasteiger partial charge in [-0.2, -0.15) is 23.5 Å². The Balaban J connectivity index is 1.99. The van der Waals surface area contributed by atoms with Crippen molar-refractivity contribution in [2.45, 2.75) is 5.25 Å². The number of carbonyl (C=O) groups is 1. The van der Waals surface area contributed by atoms with Gasteiger partial charge in [0.15, 0.2) is 0 Å². The molecule has 19 heavy (non-hydrogen) atoms. The molecule has 3 N–H and O–H groups in total. The molecule has 104 valence electrons. The first-order chi connectivity index (χ1) is 9.22. The molecule has 0 aromatic heterocycles. The number of benzene rings is 1. The number of nitrogens with two attached hydrogens (primary N) is 1. The van der Waals surface area contributed by atoms with E-state index in [2.05, 4.69) is 5.32 Å². The highest BCUT2D eigenvalue weighted by Gasteiger charge is 2.19. The lowest BCUT2D eigenvalue weighted by Gasteiger charge is -2.21. The molecule has 1 amide bonds. The standard InChI is InChI=1S/C13H18N2O2S2/c1-17-11-4-2-3-10(14)12(11)13(16)15-7-9-8-18-5-6-19-9/h2-4,9H,5-8,14H2,1H3,(H,15,16). The first kappa shape index (κ1) is 14.4. The zero-order valence-corrected chi connectivity index (χ0v) is 12.5. The second-order valence-corrected chi connectivity index (χ2v) is 6.76. The molecule has 1 atom stereocenters. The summed E-state index contributed by atoms with van der Waals surface area (Å²) in [7, 11) is 1.54. The molecule has 1 aromatic carbocycles. The molecule has 1 aromatic rings. The van der Waals surface area contributed by atoms with Crippen LogP contribution in [0.2, 0.25) is 0 Å². The molecule has 0 aliphatic carbocycles. The van der Waals surface area contributed by atoms with Crippen molar-refractivity contribution in [2.24, 2.45) is 0 Å². The molecule has 1 fully saturated rings. The monoisotopic (exact) mass is 298 g/mol. The van der Waals surface area contributed by atoms with E-state index in [-0.39, 0.29) is 5.91 Å². The van der Waals surface area contributed by atoms with Gasteiger partial charge in [-0.15, -0.1) is 0 Å². The van der Waals surface area contributed by atoms with Crippen molar-refractivity contribution in [3.05, 3.63) is 23.8 Å². The van der Waals surface area contributed by atoms with Crippen LogP contribution in [-0.4, -0.2) is 42.1 Å². The van der Waals surface area contributed by atoms with Crippen LogP contribution in [-0.2, 0) is 0 Å². The zero-order chi connectivity index (χ0) is 13.7. The summed E-state index contributed by atoms with van der Waals surface area (Å²) in [6.07, 6.45) is 0. The molecule has 0 spiro atoms. The molecule has 1 aliphatic rings. The van der Waals surface area contributed by atoms with Gasteiger partial charge in [0.2, 0.25) is 0 Å². The molecule has 0 radical (unpaired) electrons. The first-order valence-electron chi connectivity index (χ1n) is 6.12. The molecular formula is C13H18N2O2S2. The fraction of sp³-hybridized carbons (Fsp3) is 0.462. The Morgan fingerprint density at radius 3 is 3.05 bits per heavy atom. The van der Waals surface area contributed by atoms with Crippen molar-refractivity contribution in [3.8, 4) is 5.75 Å². The minimum Gasteiger partial charge on any atom is -0.496 e. The average molecular weight is 298 g/mol. The molecule has 1 heterocycles. The molecule has 1 unspecified atom stereocenters. The van der Waals surface area contributed by atoms with E-state index in [1.807, 2.05) is 23.5 Å². The van der Waals surface area contributed by atoms with Crippen molar-refractivity contribution < 1.29 is 9.53 Å². The van der Waals surface area contributed by atoms with Gasteiger partial charge in [-0.1, -0.05) is 6.07 Å². The molecule has 1 saturated heterocycles. The van der Waals surface area contributed by atoms with E-state index in [1.165, 1.54) is 5.75 Å². The maximum atomic E-state index is 12.2.